The first-order chi connectivity index (χ1) is 2.00. The van der Waals surface area contributed by atoms with Gasteiger partial charge in [-0.2, -0.15) is 0 Å². The summed E-state index contributed by atoms with van der Waals surface area (Å²) in [5, 5.41) is 0. The van der Waals surface area contributed by atoms with E-state index >= 15 is 0 Å². The Morgan fingerprint density at radius 1 is 1.00 bits per heavy atom. The molecule has 0 unspecified atom stereocenters. The normalized spacial score (nSPS) is 8.43. The van der Waals surface area contributed by atoms with Crippen molar-refractivity contribution in [1.29, 1.82) is 0 Å². The molecule has 0 saturated heterocycles. The molecule has 44 valence electrons. The van der Waals surface area contributed by atoms with E-state index in [4.69, 9.17) is 19.2 Å². The first kappa shape index (κ1) is 16.0. The fourth-order valence-electron chi connectivity index (χ4n) is 0. The zero-order valence-corrected chi connectivity index (χ0v) is 15.5. The van der Waals surface area contributed by atoms with Gasteiger partial charge in [-0.05, 0) is 0 Å². The number of rotatable bonds is 0. The molecule has 0 atom stereocenters. The van der Waals surface area contributed by atoms with Crippen molar-refractivity contribution in [3.8, 4) is 0 Å². The molecule has 7 heavy (non-hydrogen) atoms. The van der Waals surface area contributed by atoms with E-state index in [-0.39, 0.29) is 54.6 Å². The van der Waals surface area contributed by atoms with Crippen LogP contribution in [0.1, 0.15) is 0 Å². The monoisotopic (exact) mass is 518 g/mol. The van der Waals surface area contributed by atoms with E-state index in [0.717, 1.165) is 0 Å². The van der Waals surface area contributed by atoms with Gasteiger partial charge in [0, 0.05) is 0 Å². The molecule has 0 aromatic carbocycles. The SMILES string of the molecule is O=P(O)(O)O.[PbH2].[PbH2]. The van der Waals surface area contributed by atoms with Gasteiger partial charge in [0.1, 0.15) is 0 Å². The molecule has 0 spiro atoms. The van der Waals surface area contributed by atoms with Crippen molar-refractivity contribution in [2.75, 3.05) is 0 Å². The van der Waals surface area contributed by atoms with Crippen LogP contribution < -0.4 is 0 Å². The molecule has 0 aliphatic carbocycles. The first-order valence-electron chi connectivity index (χ1n) is 0.783. The average Bonchev–Trinajstić information content (AvgIpc) is 0.722. The zero-order chi connectivity index (χ0) is 4.50. The van der Waals surface area contributed by atoms with Crippen LogP contribution in [-0.4, -0.2) is 69.3 Å². The minimum atomic E-state index is -4.64. The molecule has 0 amide bonds. The predicted octanol–water partition coefficient (Wildman–Crippen LogP) is -2.76. The zero-order valence-electron chi connectivity index (χ0n) is 3.61. The van der Waals surface area contributed by atoms with E-state index in [0.29, 0.717) is 0 Å². The maximum absolute atomic E-state index is 8.88. The quantitative estimate of drug-likeness (QED) is 0.241. The molecule has 0 fully saturated rings. The van der Waals surface area contributed by atoms with Gasteiger partial charge in [-0.3, -0.25) is 0 Å². The molecule has 0 bridgehead atoms. The van der Waals surface area contributed by atoms with Crippen LogP contribution in [-0.2, 0) is 4.57 Å². The summed E-state index contributed by atoms with van der Waals surface area (Å²) in [5.41, 5.74) is 0. The summed E-state index contributed by atoms with van der Waals surface area (Å²) in [6.45, 7) is 0. The van der Waals surface area contributed by atoms with Crippen LogP contribution in [0.4, 0.5) is 0 Å². The van der Waals surface area contributed by atoms with Gasteiger partial charge in [-0.15, -0.1) is 0 Å². The third-order valence-corrected chi connectivity index (χ3v) is 0. The molecule has 0 saturated carbocycles. The summed E-state index contributed by atoms with van der Waals surface area (Å²) < 4.78 is 8.88. The fraction of sp³-hybridized carbons (Fsp3) is 0. The average molecular weight is 516 g/mol. The Morgan fingerprint density at radius 2 is 1.00 bits per heavy atom. The molecule has 0 aromatic rings. The second-order valence-electron chi connectivity index (χ2n) is 0.513. The third-order valence-electron chi connectivity index (χ3n) is 0. The van der Waals surface area contributed by atoms with Gasteiger partial charge in [-0.25, -0.2) is 4.57 Å². The Hall–Kier alpha value is 1.95. The number of hydrogen-bond donors (Lipinski definition) is 3. The maximum atomic E-state index is 8.88. The van der Waals surface area contributed by atoms with Crippen LogP contribution in [0.25, 0.3) is 0 Å². The van der Waals surface area contributed by atoms with E-state index in [1.54, 1.807) is 0 Å². The van der Waals surface area contributed by atoms with E-state index in [9.17, 15) is 0 Å². The van der Waals surface area contributed by atoms with Crippen molar-refractivity contribution in [2.45, 2.75) is 0 Å². The van der Waals surface area contributed by atoms with Crippen molar-refractivity contribution in [3.63, 3.8) is 0 Å². The summed E-state index contributed by atoms with van der Waals surface area (Å²) in [6.07, 6.45) is 0. The summed E-state index contributed by atoms with van der Waals surface area (Å²) in [7, 11) is -4.64. The number of hydrogen-bond acceptors (Lipinski definition) is 1. The molecule has 0 aliphatic rings. The summed E-state index contributed by atoms with van der Waals surface area (Å²) >= 11 is 0. The van der Waals surface area contributed by atoms with Gasteiger partial charge in [-0.1, -0.05) is 0 Å². The molecule has 0 heterocycles. The van der Waals surface area contributed by atoms with E-state index < -0.39 is 7.82 Å². The van der Waals surface area contributed by atoms with Crippen LogP contribution in [0.3, 0.4) is 0 Å². The third kappa shape index (κ3) is 73.8. The Bertz CT molecular complexity index is 55.8. The van der Waals surface area contributed by atoms with Crippen LogP contribution in [0.15, 0.2) is 0 Å². The van der Waals surface area contributed by atoms with Gasteiger partial charge in [0.2, 0.25) is 0 Å². The Kier molecular flexibility index (Phi) is 13.9. The Balaban J connectivity index is -0.0000000800. The second-order valence-corrected chi connectivity index (χ2v) is 1.54. The van der Waals surface area contributed by atoms with Gasteiger partial charge in [0.25, 0.3) is 0 Å². The summed E-state index contributed by atoms with van der Waals surface area (Å²) in [5.74, 6) is 0. The molecule has 4 nitrogen and oxygen atoms in total. The summed E-state index contributed by atoms with van der Waals surface area (Å²) in [4.78, 5) is 21.6. The Morgan fingerprint density at radius 3 is 1.00 bits per heavy atom. The van der Waals surface area contributed by atoms with Crippen molar-refractivity contribution >= 4 is 62.4 Å². The van der Waals surface area contributed by atoms with Crippen molar-refractivity contribution in [3.05, 3.63) is 0 Å². The molecule has 0 aromatic heterocycles. The molecule has 0 aliphatic heterocycles. The van der Waals surface area contributed by atoms with E-state index in [1.165, 1.54) is 0 Å². The van der Waals surface area contributed by atoms with Crippen LogP contribution in [0.5, 0.6) is 0 Å². The molecular weight excluding hydrogens is 509 g/mol. The molecular formula is H7O4PPb2. The van der Waals surface area contributed by atoms with Gasteiger partial charge in [0.15, 0.2) is 0 Å². The molecule has 3 N–H and O–H groups in total. The molecule has 0 rings (SSSR count). The topological polar surface area (TPSA) is 77.8 Å². The van der Waals surface area contributed by atoms with Gasteiger partial charge in [0.05, 0.1) is 0 Å². The molecule has 4 radical (unpaired) electrons. The van der Waals surface area contributed by atoms with Crippen molar-refractivity contribution in [2.24, 2.45) is 0 Å². The minimum absolute atomic E-state index is 0. The van der Waals surface area contributed by atoms with Crippen molar-refractivity contribution < 1.29 is 19.2 Å². The van der Waals surface area contributed by atoms with Crippen LogP contribution >= 0.6 is 7.82 Å². The predicted molar refractivity (Wildman–Crippen MR) is 31.4 cm³/mol. The van der Waals surface area contributed by atoms with E-state index in [2.05, 4.69) is 0 Å². The Labute approximate surface area is 80.9 Å². The second kappa shape index (κ2) is 6.08. The summed E-state index contributed by atoms with van der Waals surface area (Å²) in [6, 6.07) is 0. The van der Waals surface area contributed by atoms with Crippen LogP contribution in [0, 0.1) is 0 Å². The van der Waals surface area contributed by atoms with Gasteiger partial charge >= 0.3 is 62.4 Å². The fourth-order valence-corrected chi connectivity index (χ4v) is 0. The van der Waals surface area contributed by atoms with E-state index in [1.807, 2.05) is 0 Å². The standard InChI is InChI=1S/H3O4P.2Pb.4H/c1-5(2,3)4;;;;;;/h(H3,1,2,3,4);;;;;;. The number of phosphoric acid groups is 1. The van der Waals surface area contributed by atoms with Crippen molar-refractivity contribution in [1.82, 2.24) is 0 Å². The first-order valence-corrected chi connectivity index (χ1v) is 2.35. The van der Waals surface area contributed by atoms with Gasteiger partial charge < -0.3 is 14.7 Å². The molecule has 7 heteroatoms. The van der Waals surface area contributed by atoms with Crippen LogP contribution in [0.2, 0.25) is 0 Å².